The Morgan fingerprint density at radius 3 is 1.83 bits per heavy atom. The summed E-state index contributed by atoms with van der Waals surface area (Å²) in [6.07, 6.45) is 6.70. The van der Waals surface area contributed by atoms with Gasteiger partial charge in [-0.25, -0.2) is 0 Å². The van der Waals surface area contributed by atoms with E-state index in [-0.39, 0.29) is 5.41 Å². The summed E-state index contributed by atoms with van der Waals surface area (Å²) >= 11 is 0. The summed E-state index contributed by atoms with van der Waals surface area (Å²) in [6, 6.07) is 0. The standard InChI is InChI=1S/C15H33NO2/c1-4-7-11-17-13-15(5-2,6-3)14-18-12-9-8-10-16/h4-14,16H2,1-3H3. The number of hydrogen-bond donors (Lipinski definition) is 1. The molecule has 0 saturated heterocycles. The van der Waals surface area contributed by atoms with E-state index in [0.717, 1.165) is 65.1 Å². The van der Waals surface area contributed by atoms with Crippen LogP contribution in [0.2, 0.25) is 0 Å². The minimum absolute atomic E-state index is 0.205. The van der Waals surface area contributed by atoms with Gasteiger partial charge in [0.25, 0.3) is 0 Å². The highest BCUT2D eigenvalue weighted by atomic mass is 16.5. The number of ether oxygens (including phenoxy) is 2. The normalized spacial score (nSPS) is 12.0. The summed E-state index contributed by atoms with van der Waals surface area (Å²) in [6.45, 7) is 10.8. The molecule has 0 amide bonds. The van der Waals surface area contributed by atoms with Gasteiger partial charge in [-0.05, 0) is 38.6 Å². The number of nitrogens with two attached hydrogens (primary N) is 1. The van der Waals surface area contributed by atoms with Crippen LogP contribution in [0.5, 0.6) is 0 Å². The zero-order valence-electron chi connectivity index (χ0n) is 12.7. The van der Waals surface area contributed by atoms with Crippen molar-refractivity contribution in [2.24, 2.45) is 11.1 Å². The second-order valence-corrected chi connectivity index (χ2v) is 5.16. The maximum atomic E-state index is 5.80. The molecule has 0 radical (unpaired) electrons. The van der Waals surface area contributed by atoms with Crippen LogP contribution in [-0.4, -0.2) is 33.0 Å². The molecule has 18 heavy (non-hydrogen) atoms. The van der Waals surface area contributed by atoms with Crippen LogP contribution in [0.25, 0.3) is 0 Å². The van der Waals surface area contributed by atoms with Crippen LogP contribution in [0.3, 0.4) is 0 Å². The number of rotatable bonds is 13. The molecule has 0 bridgehead atoms. The highest BCUT2D eigenvalue weighted by molar-refractivity contribution is 4.76. The second kappa shape index (κ2) is 11.9. The van der Waals surface area contributed by atoms with E-state index < -0.39 is 0 Å². The summed E-state index contributed by atoms with van der Waals surface area (Å²) in [4.78, 5) is 0. The van der Waals surface area contributed by atoms with E-state index in [1.807, 2.05) is 0 Å². The van der Waals surface area contributed by atoms with Crippen LogP contribution in [-0.2, 0) is 9.47 Å². The molecule has 0 aliphatic rings. The Balaban J connectivity index is 3.85. The van der Waals surface area contributed by atoms with Gasteiger partial charge in [-0.15, -0.1) is 0 Å². The van der Waals surface area contributed by atoms with Crippen LogP contribution in [0, 0.1) is 5.41 Å². The monoisotopic (exact) mass is 259 g/mol. The lowest BCUT2D eigenvalue weighted by Gasteiger charge is -2.31. The quantitative estimate of drug-likeness (QED) is 0.516. The summed E-state index contributed by atoms with van der Waals surface area (Å²) in [5.41, 5.74) is 5.67. The van der Waals surface area contributed by atoms with E-state index in [2.05, 4.69) is 20.8 Å². The molecule has 2 N–H and O–H groups in total. The topological polar surface area (TPSA) is 44.5 Å². The summed E-state index contributed by atoms with van der Waals surface area (Å²) in [5, 5.41) is 0. The number of unbranched alkanes of at least 4 members (excludes halogenated alkanes) is 2. The first-order chi connectivity index (χ1) is 8.74. The Hall–Kier alpha value is -0.120. The first kappa shape index (κ1) is 17.9. The van der Waals surface area contributed by atoms with Gasteiger partial charge in [-0.3, -0.25) is 0 Å². The average molecular weight is 259 g/mol. The van der Waals surface area contributed by atoms with E-state index in [1.54, 1.807) is 0 Å². The van der Waals surface area contributed by atoms with Crippen molar-refractivity contribution in [1.82, 2.24) is 0 Å². The van der Waals surface area contributed by atoms with Crippen LogP contribution < -0.4 is 5.73 Å². The second-order valence-electron chi connectivity index (χ2n) is 5.16. The van der Waals surface area contributed by atoms with Crippen LogP contribution in [0.15, 0.2) is 0 Å². The van der Waals surface area contributed by atoms with Crippen molar-refractivity contribution in [3.8, 4) is 0 Å². The molecule has 0 spiro atoms. The molecule has 0 aromatic rings. The molecule has 0 unspecified atom stereocenters. The molecule has 0 aliphatic carbocycles. The molecule has 3 heteroatoms. The van der Waals surface area contributed by atoms with E-state index in [0.29, 0.717) is 0 Å². The molecule has 110 valence electrons. The Kier molecular flexibility index (Phi) is 11.9. The lowest BCUT2D eigenvalue weighted by Crippen LogP contribution is -2.31. The minimum atomic E-state index is 0.205. The first-order valence-electron chi connectivity index (χ1n) is 7.60. The lowest BCUT2D eigenvalue weighted by atomic mass is 9.84. The molecule has 0 aromatic heterocycles. The van der Waals surface area contributed by atoms with Crippen molar-refractivity contribution < 1.29 is 9.47 Å². The molecule has 0 atom stereocenters. The van der Waals surface area contributed by atoms with Crippen LogP contribution >= 0.6 is 0 Å². The third kappa shape index (κ3) is 8.06. The molecule has 0 aromatic carbocycles. The van der Waals surface area contributed by atoms with Gasteiger partial charge in [0, 0.05) is 18.6 Å². The molecule has 0 saturated carbocycles. The Labute approximate surface area is 113 Å². The van der Waals surface area contributed by atoms with E-state index in [1.165, 1.54) is 6.42 Å². The smallest absolute Gasteiger partial charge is 0.0544 e. The summed E-state index contributed by atoms with van der Waals surface area (Å²) in [5.74, 6) is 0. The van der Waals surface area contributed by atoms with Gasteiger partial charge >= 0.3 is 0 Å². The molecular weight excluding hydrogens is 226 g/mol. The van der Waals surface area contributed by atoms with E-state index in [9.17, 15) is 0 Å². The van der Waals surface area contributed by atoms with Crippen molar-refractivity contribution in [3.63, 3.8) is 0 Å². The molecule has 0 aliphatic heterocycles. The van der Waals surface area contributed by atoms with Crippen LogP contribution in [0.1, 0.15) is 59.3 Å². The van der Waals surface area contributed by atoms with Crippen molar-refractivity contribution in [1.29, 1.82) is 0 Å². The Morgan fingerprint density at radius 2 is 1.39 bits per heavy atom. The fourth-order valence-corrected chi connectivity index (χ4v) is 1.87. The van der Waals surface area contributed by atoms with Gasteiger partial charge in [0.1, 0.15) is 0 Å². The molecular formula is C15H33NO2. The van der Waals surface area contributed by atoms with Gasteiger partial charge < -0.3 is 15.2 Å². The van der Waals surface area contributed by atoms with Crippen molar-refractivity contribution in [2.45, 2.75) is 59.3 Å². The first-order valence-corrected chi connectivity index (χ1v) is 7.60. The molecule has 0 heterocycles. The predicted octanol–water partition coefficient (Wildman–Crippen LogP) is 3.37. The third-order valence-corrected chi connectivity index (χ3v) is 3.70. The number of hydrogen-bond acceptors (Lipinski definition) is 3. The minimum Gasteiger partial charge on any atom is -0.381 e. The largest absolute Gasteiger partial charge is 0.381 e. The van der Waals surface area contributed by atoms with Crippen molar-refractivity contribution >= 4 is 0 Å². The van der Waals surface area contributed by atoms with Gasteiger partial charge in [0.15, 0.2) is 0 Å². The fraction of sp³-hybridized carbons (Fsp3) is 1.00. The van der Waals surface area contributed by atoms with Gasteiger partial charge in [-0.1, -0.05) is 27.2 Å². The zero-order chi connectivity index (χ0) is 13.7. The van der Waals surface area contributed by atoms with Gasteiger partial charge in [0.05, 0.1) is 13.2 Å². The fourth-order valence-electron chi connectivity index (χ4n) is 1.87. The van der Waals surface area contributed by atoms with Crippen molar-refractivity contribution in [3.05, 3.63) is 0 Å². The average Bonchev–Trinajstić information content (AvgIpc) is 2.41. The Morgan fingerprint density at radius 1 is 0.833 bits per heavy atom. The maximum absolute atomic E-state index is 5.80. The highest BCUT2D eigenvalue weighted by Gasteiger charge is 2.26. The SMILES string of the molecule is CCCCOCC(CC)(CC)COCCCCN. The van der Waals surface area contributed by atoms with Gasteiger partial charge in [-0.2, -0.15) is 0 Å². The Bertz CT molecular complexity index is 170. The summed E-state index contributed by atoms with van der Waals surface area (Å²) in [7, 11) is 0. The molecule has 0 fully saturated rings. The van der Waals surface area contributed by atoms with E-state index >= 15 is 0 Å². The third-order valence-electron chi connectivity index (χ3n) is 3.70. The molecule has 0 rings (SSSR count). The maximum Gasteiger partial charge on any atom is 0.0544 e. The predicted molar refractivity (Wildman–Crippen MR) is 77.8 cm³/mol. The molecule has 3 nitrogen and oxygen atoms in total. The van der Waals surface area contributed by atoms with Crippen LogP contribution in [0.4, 0.5) is 0 Å². The van der Waals surface area contributed by atoms with Crippen molar-refractivity contribution in [2.75, 3.05) is 33.0 Å². The van der Waals surface area contributed by atoms with Gasteiger partial charge in [0.2, 0.25) is 0 Å². The lowest BCUT2D eigenvalue weighted by molar-refractivity contribution is -0.0284. The van der Waals surface area contributed by atoms with E-state index in [4.69, 9.17) is 15.2 Å². The summed E-state index contributed by atoms with van der Waals surface area (Å²) < 4.78 is 11.6. The zero-order valence-corrected chi connectivity index (χ0v) is 12.7. The highest BCUT2D eigenvalue weighted by Crippen LogP contribution is 2.27.